The third kappa shape index (κ3) is 4.11. The number of benzene rings is 2. The first-order valence-electron chi connectivity index (χ1n) is 8.77. The molecule has 2 aromatic carbocycles. The predicted octanol–water partition coefficient (Wildman–Crippen LogP) is 4.53. The standard InChI is InChI=1S/C21H20N2O2S/c24-21(16-7-3-1-4-8-16)23(18-11-12-18)13-17-15-26-20(22-17)14-25-19-9-5-2-6-10-19/h1-10,15,18H,11-14H2. The van der Waals surface area contributed by atoms with Gasteiger partial charge in [-0.05, 0) is 37.1 Å². The fourth-order valence-corrected chi connectivity index (χ4v) is 3.52. The van der Waals surface area contributed by atoms with Crippen molar-refractivity contribution >= 4 is 17.2 Å². The molecule has 4 rings (SSSR count). The van der Waals surface area contributed by atoms with Gasteiger partial charge in [-0.1, -0.05) is 36.4 Å². The van der Waals surface area contributed by atoms with Gasteiger partial charge in [0.25, 0.3) is 5.91 Å². The van der Waals surface area contributed by atoms with Gasteiger partial charge in [0.2, 0.25) is 0 Å². The maximum atomic E-state index is 12.8. The van der Waals surface area contributed by atoms with Gasteiger partial charge in [0, 0.05) is 17.0 Å². The van der Waals surface area contributed by atoms with Crippen LogP contribution in [0.25, 0.3) is 0 Å². The van der Waals surface area contributed by atoms with Gasteiger partial charge in [0.05, 0.1) is 12.2 Å². The highest BCUT2D eigenvalue weighted by Gasteiger charge is 2.33. The predicted molar refractivity (Wildman–Crippen MR) is 102 cm³/mol. The summed E-state index contributed by atoms with van der Waals surface area (Å²) < 4.78 is 5.75. The Balaban J connectivity index is 1.41. The molecule has 5 heteroatoms. The lowest BCUT2D eigenvalue weighted by Crippen LogP contribution is -2.32. The van der Waals surface area contributed by atoms with Crippen LogP contribution in [-0.4, -0.2) is 21.8 Å². The van der Waals surface area contributed by atoms with Gasteiger partial charge in [-0.15, -0.1) is 11.3 Å². The summed E-state index contributed by atoms with van der Waals surface area (Å²) in [6, 6.07) is 19.5. The first-order chi connectivity index (χ1) is 12.8. The number of rotatable bonds is 7. The summed E-state index contributed by atoms with van der Waals surface area (Å²) in [4.78, 5) is 19.4. The average molecular weight is 364 g/mol. The van der Waals surface area contributed by atoms with Gasteiger partial charge in [-0.2, -0.15) is 0 Å². The van der Waals surface area contributed by atoms with E-state index in [1.54, 1.807) is 11.3 Å². The molecule has 0 spiro atoms. The van der Waals surface area contributed by atoms with Crippen LogP contribution >= 0.6 is 11.3 Å². The number of ether oxygens (including phenoxy) is 1. The summed E-state index contributed by atoms with van der Waals surface area (Å²) in [5, 5.41) is 2.95. The smallest absolute Gasteiger partial charge is 0.254 e. The quantitative estimate of drug-likeness (QED) is 0.619. The zero-order valence-electron chi connectivity index (χ0n) is 14.4. The molecule has 26 heavy (non-hydrogen) atoms. The number of thiazole rings is 1. The third-order valence-corrected chi connectivity index (χ3v) is 5.18. The van der Waals surface area contributed by atoms with Gasteiger partial charge >= 0.3 is 0 Å². The SMILES string of the molecule is O=C(c1ccccc1)N(Cc1csc(COc2ccccc2)n1)C1CC1. The van der Waals surface area contributed by atoms with Crippen molar-refractivity contribution in [2.45, 2.75) is 32.0 Å². The zero-order chi connectivity index (χ0) is 17.8. The summed E-state index contributed by atoms with van der Waals surface area (Å²) in [5.41, 5.74) is 1.67. The molecular formula is C21H20N2O2S. The van der Waals surface area contributed by atoms with Gasteiger partial charge in [-0.25, -0.2) is 4.98 Å². The lowest BCUT2D eigenvalue weighted by atomic mass is 10.2. The Hall–Kier alpha value is -2.66. The molecule has 1 aromatic heterocycles. The number of aromatic nitrogens is 1. The highest BCUT2D eigenvalue weighted by atomic mass is 32.1. The molecule has 4 nitrogen and oxygen atoms in total. The van der Waals surface area contributed by atoms with E-state index in [0.717, 1.165) is 34.9 Å². The highest BCUT2D eigenvalue weighted by Crippen LogP contribution is 2.30. The van der Waals surface area contributed by atoms with Crippen molar-refractivity contribution in [3.63, 3.8) is 0 Å². The summed E-state index contributed by atoms with van der Waals surface area (Å²) in [6.07, 6.45) is 2.15. The van der Waals surface area contributed by atoms with Crippen LogP contribution in [0.5, 0.6) is 5.75 Å². The van der Waals surface area contributed by atoms with E-state index in [9.17, 15) is 4.79 Å². The third-order valence-electron chi connectivity index (χ3n) is 4.31. The van der Waals surface area contributed by atoms with Crippen LogP contribution in [0.1, 0.15) is 33.9 Å². The first-order valence-corrected chi connectivity index (χ1v) is 9.65. The second kappa shape index (κ2) is 7.70. The largest absolute Gasteiger partial charge is 0.486 e. The Morgan fingerprint density at radius 1 is 1.08 bits per heavy atom. The van der Waals surface area contributed by atoms with Crippen LogP contribution in [-0.2, 0) is 13.2 Å². The van der Waals surface area contributed by atoms with Gasteiger partial charge in [0.1, 0.15) is 17.4 Å². The van der Waals surface area contributed by atoms with E-state index in [-0.39, 0.29) is 5.91 Å². The molecule has 0 saturated heterocycles. The lowest BCUT2D eigenvalue weighted by Gasteiger charge is -2.21. The fraction of sp³-hybridized carbons (Fsp3) is 0.238. The molecule has 1 aliphatic rings. The molecule has 0 bridgehead atoms. The van der Waals surface area contributed by atoms with E-state index in [1.165, 1.54) is 0 Å². The number of nitrogens with zero attached hydrogens (tertiary/aromatic N) is 2. The monoisotopic (exact) mass is 364 g/mol. The molecule has 0 atom stereocenters. The molecule has 1 aliphatic carbocycles. The number of hydrogen-bond acceptors (Lipinski definition) is 4. The average Bonchev–Trinajstić information content (AvgIpc) is 3.44. The Labute approximate surface area is 157 Å². The molecule has 3 aromatic rings. The summed E-state index contributed by atoms with van der Waals surface area (Å²) in [7, 11) is 0. The van der Waals surface area contributed by atoms with Crippen LogP contribution in [0.2, 0.25) is 0 Å². The summed E-state index contributed by atoms with van der Waals surface area (Å²) in [6.45, 7) is 1.00. The second-order valence-electron chi connectivity index (χ2n) is 6.36. The van der Waals surface area contributed by atoms with Crippen LogP contribution in [0.4, 0.5) is 0 Å². The number of carbonyl (C=O) groups excluding carboxylic acids is 1. The number of para-hydroxylation sites is 1. The van der Waals surface area contributed by atoms with E-state index >= 15 is 0 Å². The Morgan fingerprint density at radius 2 is 1.77 bits per heavy atom. The molecule has 0 radical (unpaired) electrons. The molecule has 1 saturated carbocycles. The van der Waals surface area contributed by atoms with Crippen LogP contribution in [0, 0.1) is 0 Å². The van der Waals surface area contributed by atoms with Crippen molar-refractivity contribution in [3.05, 3.63) is 82.3 Å². The zero-order valence-corrected chi connectivity index (χ0v) is 15.2. The highest BCUT2D eigenvalue weighted by molar-refractivity contribution is 7.09. The van der Waals surface area contributed by atoms with Crippen LogP contribution < -0.4 is 4.74 Å². The molecule has 132 valence electrons. The van der Waals surface area contributed by atoms with Crippen LogP contribution in [0.15, 0.2) is 66.0 Å². The fourth-order valence-electron chi connectivity index (χ4n) is 2.82. The Kier molecular flexibility index (Phi) is 4.97. The molecule has 0 aliphatic heterocycles. The lowest BCUT2D eigenvalue weighted by molar-refractivity contribution is 0.0728. The van der Waals surface area contributed by atoms with E-state index in [4.69, 9.17) is 4.74 Å². The molecule has 0 N–H and O–H groups in total. The minimum atomic E-state index is 0.0863. The van der Waals surface area contributed by atoms with Gasteiger partial charge in [0.15, 0.2) is 0 Å². The van der Waals surface area contributed by atoms with Crippen molar-refractivity contribution in [1.29, 1.82) is 0 Å². The number of hydrogen-bond donors (Lipinski definition) is 0. The Bertz CT molecular complexity index is 860. The van der Waals surface area contributed by atoms with E-state index < -0.39 is 0 Å². The molecule has 1 amide bonds. The maximum Gasteiger partial charge on any atom is 0.254 e. The second-order valence-corrected chi connectivity index (χ2v) is 7.31. The normalized spacial score (nSPS) is 13.4. The van der Waals surface area contributed by atoms with Crippen molar-refractivity contribution in [3.8, 4) is 5.75 Å². The summed E-state index contributed by atoms with van der Waals surface area (Å²) >= 11 is 1.58. The van der Waals surface area contributed by atoms with Gasteiger partial charge < -0.3 is 9.64 Å². The van der Waals surface area contributed by atoms with E-state index in [0.29, 0.717) is 19.2 Å². The molecule has 1 fully saturated rings. The van der Waals surface area contributed by atoms with Crippen LogP contribution in [0.3, 0.4) is 0 Å². The number of amides is 1. The number of carbonyl (C=O) groups is 1. The minimum Gasteiger partial charge on any atom is -0.486 e. The minimum absolute atomic E-state index is 0.0863. The molecule has 1 heterocycles. The van der Waals surface area contributed by atoms with Crippen molar-refractivity contribution in [2.24, 2.45) is 0 Å². The van der Waals surface area contributed by atoms with Gasteiger partial charge in [-0.3, -0.25) is 4.79 Å². The maximum absolute atomic E-state index is 12.8. The van der Waals surface area contributed by atoms with Crippen molar-refractivity contribution in [1.82, 2.24) is 9.88 Å². The van der Waals surface area contributed by atoms with E-state index in [2.05, 4.69) is 4.98 Å². The Morgan fingerprint density at radius 3 is 2.46 bits per heavy atom. The topological polar surface area (TPSA) is 42.4 Å². The molecular weight excluding hydrogens is 344 g/mol. The van der Waals surface area contributed by atoms with Crippen molar-refractivity contribution < 1.29 is 9.53 Å². The molecule has 0 unspecified atom stereocenters. The van der Waals surface area contributed by atoms with Crippen molar-refractivity contribution in [2.75, 3.05) is 0 Å². The first kappa shape index (κ1) is 16.8. The van der Waals surface area contributed by atoms with E-state index in [1.807, 2.05) is 70.9 Å². The summed E-state index contributed by atoms with van der Waals surface area (Å²) in [5.74, 6) is 0.922.